The van der Waals surface area contributed by atoms with Crippen LogP contribution in [-0.4, -0.2) is 25.3 Å². The van der Waals surface area contributed by atoms with Gasteiger partial charge in [0, 0.05) is 12.7 Å². The second-order valence-corrected chi connectivity index (χ2v) is 5.65. The van der Waals surface area contributed by atoms with Crippen molar-refractivity contribution in [3.8, 4) is 0 Å². The molecule has 2 aromatic rings. The van der Waals surface area contributed by atoms with Crippen molar-refractivity contribution in [2.45, 2.75) is 26.2 Å². The Balaban J connectivity index is 1.88. The van der Waals surface area contributed by atoms with Crippen molar-refractivity contribution in [2.75, 3.05) is 19.5 Å². The van der Waals surface area contributed by atoms with Crippen LogP contribution in [0.2, 0.25) is 0 Å². The number of hydrogen-bond donors (Lipinski definition) is 1. The molecule has 0 heterocycles. The van der Waals surface area contributed by atoms with Gasteiger partial charge in [-0.05, 0) is 49.4 Å². The number of nitrogens with one attached hydrogen (secondary N) is 1. The van der Waals surface area contributed by atoms with Gasteiger partial charge < -0.3 is 5.32 Å². The topological polar surface area (TPSA) is 41.6 Å². The summed E-state index contributed by atoms with van der Waals surface area (Å²) < 4.78 is 0. The molecule has 4 heteroatoms. The third-order valence-electron chi connectivity index (χ3n) is 3.75. The standard InChI is InChI=1S/C19H24N2O2/c1-15-7-4-8-16(13-15)9-5-10-17-11-6-12-18(14-17)20-19(22)21(2)23-3/h4,6-8,11-14H,5,9-10H2,1-3H3,(H,20,22). The van der Waals surface area contributed by atoms with Gasteiger partial charge in [-0.3, -0.25) is 4.84 Å². The Bertz CT molecular complexity index is 655. The van der Waals surface area contributed by atoms with Crippen molar-refractivity contribution >= 4 is 11.7 Å². The van der Waals surface area contributed by atoms with Crippen LogP contribution in [0.15, 0.2) is 48.5 Å². The van der Waals surface area contributed by atoms with Gasteiger partial charge in [-0.1, -0.05) is 42.0 Å². The average molecular weight is 312 g/mol. The Morgan fingerprint density at radius 3 is 2.39 bits per heavy atom. The van der Waals surface area contributed by atoms with Crippen LogP contribution in [0.5, 0.6) is 0 Å². The molecule has 0 saturated heterocycles. The molecular formula is C19H24N2O2. The molecule has 0 aliphatic heterocycles. The number of carbonyl (C=O) groups excluding carboxylic acids is 1. The third kappa shape index (κ3) is 5.42. The van der Waals surface area contributed by atoms with Gasteiger partial charge in [-0.15, -0.1) is 0 Å². The number of amides is 2. The fraction of sp³-hybridized carbons (Fsp3) is 0.316. The van der Waals surface area contributed by atoms with Crippen LogP contribution < -0.4 is 5.32 Å². The number of hydrogen-bond acceptors (Lipinski definition) is 2. The summed E-state index contributed by atoms with van der Waals surface area (Å²) >= 11 is 0. The number of carbonyl (C=O) groups is 1. The lowest BCUT2D eigenvalue weighted by Crippen LogP contribution is -2.30. The maximum absolute atomic E-state index is 11.8. The molecule has 0 aromatic heterocycles. The molecule has 2 rings (SSSR count). The average Bonchev–Trinajstić information content (AvgIpc) is 2.54. The Morgan fingerprint density at radius 1 is 1.09 bits per heavy atom. The Morgan fingerprint density at radius 2 is 1.74 bits per heavy atom. The van der Waals surface area contributed by atoms with Crippen LogP contribution in [0.4, 0.5) is 10.5 Å². The van der Waals surface area contributed by atoms with Crippen LogP contribution in [0, 0.1) is 6.92 Å². The number of anilines is 1. The molecule has 0 unspecified atom stereocenters. The third-order valence-corrected chi connectivity index (χ3v) is 3.75. The minimum Gasteiger partial charge on any atom is -0.306 e. The molecule has 2 aromatic carbocycles. The molecule has 0 aliphatic carbocycles. The highest BCUT2D eigenvalue weighted by Gasteiger charge is 2.07. The zero-order valence-corrected chi connectivity index (χ0v) is 14.0. The zero-order valence-electron chi connectivity index (χ0n) is 14.0. The van der Waals surface area contributed by atoms with Crippen molar-refractivity contribution < 1.29 is 9.63 Å². The molecule has 0 bridgehead atoms. The molecular weight excluding hydrogens is 288 g/mol. The monoisotopic (exact) mass is 312 g/mol. The molecule has 122 valence electrons. The minimum atomic E-state index is -0.288. The minimum absolute atomic E-state index is 0.288. The van der Waals surface area contributed by atoms with E-state index in [1.54, 1.807) is 7.05 Å². The van der Waals surface area contributed by atoms with Crippen molar-refractivity contribution in [3.05, 3.63) is 65.2 Å². The summed E-state index contributed by atoms with van der Waals surface area (Å²) in [4.78, 5) is 16.6. The van der Waals surface area contributed by atoms with Gasteiger partial charge >= 0.3 is 6.03 Å². The molecule has 0 atom stereocenters. The van der Waals surface area contributed by atoms with Crippen LogP contribution in [0.3, 0.4) is 0 Å². The Kier molecular flexibility index (Phi) is 6.18. The fourth-order valence-electron chi connectivity index (χ4n) is 2.45. The van der Waals surface area contributed by atoms with Gasteiger partial charge in [0.2, 0.25) is 0 Å². The van der Waals surface area contributed by atoms with E-state index in [2.05, 4.69) is 42.6 Å². The summed E-state index contributed by atoms with van der Waals surface area (Å²) in [5.41, 5.74) is 4.67. The van der Waals surface area contributed by atoms with Crippen LogP contribution in [0.25, 0.3) is 0 Å². The predicted molar refractivity (Wildman–Crippen MR) is 93.4 cm³/mol. The van der Waals surface area contributed by atoms with Gasteiger partial charge in [0.1, 0.15) is 0 Å². The molecule has 1 N–H and O–H groups in total. The van der Waals surface area contributed by atoms with Gasteiger partial charge in [-0.2, -0.15) is 0 Å². The summed E-state index contributed by atoms with van der Waals surface area (Å²) in [7, 11) is 3.03. The first-order valence-electron chi connectivity index (χ1n) is 7.82. The first-order valence-corrected chi connectivity index (χ1v) is 7.82. The van der Waals surface area contributed by atoms with E-state index in [1.807, 2.05) is 18.2 Å². The largest absolute Gasteiger partial charge is 0.345 e. The second-order valence-electron chi connectivity index (χ2n) is 5.65. The molecule has 23 heavy (non-hydrogen) atoms. The van der Waals surface area contributed by atoms with E-state index in [-0.39, 0.29) is 6.03 Å². The molecule has 4 nitrogen and oxygen atoms in total. The predicted octanol–water partition coefficient (Wildman–Crippen LogP) is 4.20. The van der Waals surface area contributed by atoms with E-state index in [9.17, 15) is 4.79 Å². The molecule has 0 radical (unpaired) electrons. The summed E-state index contributed by atoms with van der Waals surface area (Å²) in [6.07, 6.45) is 3.13. The molecule has 0 spiro atoms. The highest BCUT2D eigenvalue weighted by atomic mass is 16.7. The molecule has 2 amide bonds. The summed E-state index contributed by atoms with van der Waals surface area (Å²) in [6, 6.07) is 16.3. The fourth-order valence-corrected chi connectivity index (χ4v) is 2.45. The summed E-state index contributed by atoms with van der Waals surface area (Å²) in [6.45, 7) is 2.12. The van der Waals surface area contributed by atoms with E-state index in [0.717, 1.165) is 30.0 Å². The van der Waals surface area contributed by atoms with E-state index in [0.29, 0.717) is 0 Å². The lowest BCUT2D eigenvalue weighted by Gasteiger charge is -2.15. The summed E-state index contributed by atoms with van der Waals surface area (Å²) in [5.74, 6) is 0. The lowest BCUT2D eigenvalue weighted by atomic mass is 10.0. The number of hydroxylamine groups is 2. The number of urea groups is 1. The van der Waals surface area contributed by atoms with E-state index in [1.165, 1.54) is 23.8 Å². The van der Waals surface area contributed by atoms with Crippen LogP contribution in [0.1, 0.15) is 23.1 Å². The molecule has 0 aliphatic rings. The van der Waals surface area contributed by atoms with Gasteiger partial charge in [0.15, 0.2) is 0 Å². The van der Waals surface area contributed by atoms with Crippen molar-refractivity contribution in [2.24, 2.45) is 0 Å². The molecule has 0 fully saturated rings. The maximum atomic E-state index is 11.8. The van der Waals surface area contributed by atoms with Gasteiger partial charge in [-0.25, -0.2) is 9.86 Å². The highest BCUT2D eigenvalue weighted by Crippen LogP contribution is 2.15. The van der Waals surface area contributed by atoms with Crippen molar-refractivity contribution in [1.29, 1.82) is 0 Å². The van der Waals surface area contributed by atoms with Crippen molar-refractivity contribution in [1.82, 2.24) is 5.06 Å². The lowest BCUT2D eigenvalue weighted by molar-refractivity contribution is -0.0598. The van der Waals surface area contributed by atoms with Crippen LogP contribution in [-0.2, 0) is 17.7 Å². The van der Waals surface area contributed by atoms with E-state index >= 15 is 0 Å². The van der Waals surface area contributed by atoms with E-state index in [4.69, 9.17) is 4.84 Å². The quantitative estimate of drug-likeness (QED) is 0.812. The van der Waals surface area contributed by atoms with Gasteiger partial charge in [0.05, 0.1) is 7.11 Å². The first kappa shape index (κ1) is 17.0. The number of nitrogens with zero attached hydrogens (tertiary/aromatic N) is 1. The molecule has 0 saturated carbocycles. The number of rotatable bonds is 6. The summed E-state index contributed by atoms with van der Waals surface area (Å²) in [5, 5.41) is 3.97. The number of aryl methyl sites for hydroxylation is 3. The normalized spacial score (nSPS) is 10.4. The van der Waals surface area contributed by atoms with Gasteiger partial charge in [0.25, 0.3) is 0 Å². The van der Waals surface area contributed by atoms with Crippen LogP contribution >= 0.6 is 0 Å². The smallest absolute Gasteiger partial charge is 0.306 e. The SMILES string of the molecule is CON(C)C(=O)Nc1cccc(CCCc2cccc(C)c2)c1. The number of benzene rings is 2. The first-order chi connectivity index (χ1) is 11.1. The van der Waals surface area contributed by atoms with E-state index < -0.39 is 0 Å². The van der Waals surface area contributed by atoms with Crippen molar-refractivity contribution in [3.63, 3.8) is 0 Å². The zero-order chi connectivity index (χ0) is 16.7. The Hall–Kier alpha value is -2.33. The maximum Gasteiger partial charge on any atom is 0.345 e. The highest BCUT2D eigenvalue weighted by molar-refractivity contribution is 5.88. The Labute approximate surface area is 138 Å². The second kappa shape index (κ2) is 8.34.